The van der Waals surface area contributed by atoms with Gasteiger partial charge in [-0.1, -0.05) is 22.0 Å². The summed E-state index contributed by atoms with van der Waals surface area (Å²) in [6.45, 7) is 0. The van der Waals surface area contributed by atoms with Crippen molar-refractivity contribution in [2.75, 3.05) is 19.1 Å². The number of hydrogen-bond donors (Lipinski definition) is 0. The van der Waals surface area contributed by atoms with Crippen molar-refractivity contribution in [2.24, 2.45) is 0 Å². The van der Waals surface area contributed by atoms with Crippen molar-refractivity contribution in [1.82, 2.24) is 0 Å². The molecular weight excluding hydrogens is 604 g/mol. The Balaban J connectivity index is 2.75. The molecule has 1 aromatic rings. The summed E-state index contributed by atoms with van der Waals surface area (Å²) >= 11 is 7.82. The summed E-state index contributed by atoms with van der Waals surface area (Å²) in [4.78, 5) is 26.2. The van der Waals surface area contributed by atoms with Gasteiger partial charge < -0.3 is 14.4 Å². The van der Waals surface area contributed by atoms with Gasteiger partial charge in [-0.15, -0.1) is 0 Å². The Hall–Kier alpha value is -0.880. The van der Waals surface area contributed by atoms with E-state index in [1.807, 2.05) is 12.1 Å². The maximum absolute atomic E-state index is 12.4. The van der Waals surface area contributed by atoms with Gasteiger partial charge in [0.05, 0.1) is 25.5 Å². The third-order valence-electron chi connectivity index (χ3n) is 3.11. The van der Waals surface area contributed by atoms with Gasteiger partial charge in [-0.3, -0.25) is 0 Å². The number of carbonyl (C=O) groups is 2. The Morgan fingerprint density at radius 2 is 1.62 bits per heavy atom. The average molecular weight is 616 g/mol. The number of allylic oxidation sites excluding steroid dienone is 2. The first-order chi connectivity index (χ1) is 11.4. The molecule has 0 radical (unpaired) electrons. The quantitative estimate of drug-likeness (QED) is 0.378. The fraction of sp³-hybridized carbons (Fsp3) is 0.125. The van der Waals surface area contributed by atoms with Crippen molar-refractivity contribution in [1.29, 1.82) is 0 Å². The predicted molar refractivity (Wildman–Crippen MR) is 111 cm³/mol. The van der Waals surface area contributed by atoms with Gasteiger partial charge in [0, 0.05) is 17.8 Å². The molecule has 0 atom stereocenters. The molecule has 0 aliphatic carbocycles. The van der Waals surface area contributed by atoms with Gasteiger partial charge in [0.25, 0.3) is 0 Å². The Kier molecular flexibility index (Phi) is 6.87. The van der Waals surface area contributed by atoms with Crippen molar-refractivity contribution in [2.45, 2.75) is 0 Å². The molecule has 1 heterocycles. The third kappa shape index (κ3) is 4.02. The Morgan fingerprint density at radius 3 is 2.17 bits per heavy atom. The fourth-order valence-corrected chi connectivity index (χ4v) is 5.70. The lowest BCUT2D eigenvalue weighted by Crippen LogP contribution is -2.28. The van der Waals surface area contributed by atoms with E-state index in [1.165, 1.54) is 20.3 Å². The van der Waals surface area contributed by atoms with Crippen LogP contribution in [0.5, 0.6) is 0 Å². The highest BCUT2D eigenvalue weighted by atomic mass is 127. The minimum absolute atomic E-state index is 0.104. The van der Waals surface area contributed by atoms with E-state index in [1.54, 1.807) is 23.3 Å². The van der Waals surface area contributed by atoms with Crippen LogP contribution in [0, 0.1) is 7.14 Å². The number of esters is 2. The summed E-state index contributed by atoms with van der Waals surface area (Å²) in [6.07, 6.45) is 6.67. The Bertz CT molecular complexity index is 763. The summed E-state index contributed by atoms with van der Waals surface area (Å²) in [6, 6.07) is 3.86. The second-order valence-corrected chi connectivity index (χ2v) is 7.77. The molecule has 0 amide bonds. The van der Waals surface area contributed by atoms with Crippen LogP contribution in [0.2, 0.25) is 0 Å². The van der Waals surface area contributed by atoms with Gasteiger partial charge in [-0.2, -0.15) is 0 Å². The van der Waals surface area contributed by atoms with Crippen LogP contribution in [0.1, 0.15) is 0 Å². The Labute approximate surface area is 175 Å². The van der Waals surface area contributed by atoms with Crippen molar-refractivity contribution >= 4 is 78.7 Å². The van der Waals surface area contributed by atoms with Crippen LogP contribution in [0.15, 0.2) is 52.3 Å². The van der Waals surface area contributed by atoms with Gasteiger partial charge in [0.15, 0.2) is 0 Å². The topological polar surface area (TPSA) is 55.8 Å². The van der Waals surface area contributed by atoms with Crippen LogP contribution >= 0.6 is 61.1 Å². The third-order valence-corrected chi connectivity index (χ3v) is 5.21. The van der Waals surface area contributed by atoms with Crippen LogP contribution in [-0.4, -0.2) is 26.2 Å². The molecule has 0 saturated carbocycles. The number of halogens is 3. The summed E-state index contributed by atoms with van der Waals surface area (Å²) < 4.78 is 12.4. The zero-order valence-corrected chi connectivity index (χ0v) is 18.6. The van der Waals surface area contributed by atoms with Crippen molar-refractivity contribution < 1.29 is 19.1 Å². The van der Waals surface area contributed by atoms with Gasteiger partial charge in [-0.05, 0) is 69.5 Å². The van der Waals surface area contributed by atoms with E-state index in [9.17, 15) is 9.59 Å². The maximum Gasteiger partial charge on any atom is 0.355 e. The Morgan fingerprint density at radius 1 is 1.04 bits per heavy atom. The fourth-order valence-electron chi connectivity index (χ4n) is 2.10. The smallest absolute Gasteiger partial charge is 0.355 e. The van der Waals surface area contributed by atoms with Gasteiger partial charge in [0.2, 0.25) is 0 Å². The minimum atomic E-state index is -0.624. The lowest BCUT2D eigenvalue weighted by atomic mass is 10.1. The highest BCUT2D eigenvalue weighted by Gasteiger charge is 2.29. The van der Waals surface area contributed by atoms with Crippen LogP contribution in [0.4, 0.5) is 5.69 Å². The van der Waals surface area contributed by atoms with Crippen molar-refractivity contribution in [3.05, 3.63) is 59.4 Å². The molecule has 0 spiro atoms. The maximum atomic E-state index is 12.4. The molecule has 24 heavy (non-hydrogen) atoms. The number of anilines is 1. The van der Waals surface area contributed by atoms with E-state index in [0.717, 1.165) is 17.3 Å². The number of methoxy groups -OCH3 is 2. The number of benzene rings is 1. The summed E-state index contributed by atoms with van der Waals surface area (Å²) in [7, 11) is 2.55. The van der Waals surface area contributed by atoms with Crippen LogP contribution in [0.25, 0.3) is 0 Å². The average Bonchev–Trinajstić information content (AvgIpc) is 2.75. The molecule has 5 nitrogen and oxygen atoms in total. The molecule has 8 heteroatoms. The van der Waals surface area contributed by atoms with Crippen LogP contribution in [-0.2, 0) is 19.1 Å². The SMILES string of the molecule is COC(=O)C1=C(C(=O)OC)N(c2c(I)cc(Br)cc2I)C=CC=C1. The molecule has 0 N–H and O–H groups in total. The normalized spacial score (nSPS) is 13.8. The largest absolute Gasteiger partial charge is 0.465 e. The van der Waals surface area contributed by atoms with Crippen LogP contribution in [0.3, 0.4) is 0 Å². The molecule has 1 aromatic carbocycles. The molecule has 0 bridgehead atoms. The molecule has 126 valence electrons. The number of rotatable bonds is 3. The van der Waals surface area contributed by atoms with E-state index >= 15 is 0 Å². The number of nitrogens with zero attached hydrogens (tertiary/aromatic N) is 1. The lowest BCUT2D eigenvalue weighted by Gasteiger charge is -2.25. The second-order valence-electron chi connectivity index (χ2n) is 4.53. The standard InChI is InChI=1S/C16H12BrI2NO4/c1-23-15(21)10-5-3-4-6-20(13(10)16(22)24-2)14-11(18)7-9(17)8-12(14)19/h3-8H,1-2H3. The van der Waals surface area contributed by atoms with Crippen LogP contribution < -0.4 is 4.90 Å². The van der Waals surface area contributed by atoms with E-state index < -0.39 is 11.9 Å². The molecule has 1 aliphatic rings. The monoisotopic (exact) mass is 615 g/mol. The van der Waals surface area contributed by atoms with Gasteiger partial charge >= 0.3 is 11.9 Å². The molecule has 1 aliphatic heterocycles. The lowest BCUT2D eigenvalue weighted by molar-refractivity contribution is -0.139. The summed E-state index contributed by atoms with van der Waals surface area (Å²) in [5, 5.41) is 0. The van der Waals surface area contributed by atoms with Crippen molar-refractivity contribution in [3.63, 3.8) is 0 Å². The highest BCUT2D eigenvalue weighted by Crippen LogP contribution is 2.36. The first-order valence-electron chi connectivity index (χ1n) is 6.60. The van der Waals surface area contributed by atoms with E-state index in [4.69, 9.17) is 9.47 Å². The van der Waals surface area contributed by atoms with E-state index in [0.29, 0.717) is 0 Å². The zero-order chi connectivity index (χ0) is 17.9. The number of hydrogen-bond acceptors (Lipinski definition) is 5. The highest BCUT2D eigenvalue weighted by molar-refractivity contribution is 14.1. The van der Waals surface area contributed by atoms with Gasteiger partial charge in [0.1, 0.15) is 5.70 Å². The van der Waals surface area contributed by atoms with E-state index in [-0.39, 0.29) is 11.3 Å². The molecule has 0 fully saturated rings. The predicted octanol–water partition coefficient (Wildman–Crippen LogP) is 4.15. The summed E-state index contributed by atoms with van der Waals surface area (Å²) in [5.74, 6) is -1.23. The van der Waals surface area contributed by atoms with E-state index in [2.05, 4.69) is 61.1 Å². The molecular formula is C16H12BrI2NO4. The summed E-state index contributed by atoms with van der Waals surface area (Å²) in [5.41, 5.74) is 1.01. The molecule has 0 saturated heterocycles. The van der Waals surface area contributed by atoms with Gasteiger partial charge in [-0.25, -0.2) is 9.59 Å². The minimum Gasteiger partial charge on any atom is -0.465 e. The number of carbonyl (C=O) groups excluding carboxylic acids is 2. The number of ether oxygens (including phenoxy) is 2. The van der Waals surface area contributed by atoms with Crippen molar-refractivity contribution in [3.8, 4) is 0 Å². The molecule has 0 unspecified atom stereocenters. The first-order valence-corrected chi connectivity index (χ1v) is 9.55. The molecule has 2 rings (SSSR count). The molecule has 0 aromatic heterocycles. The first kappa shape index (κ1) is 19.4. The zero-order valence-electron chi connectivity index (χ0n) is 12.7. The second kappa shape index (κ2) is 8.48.